The quantitative estimate of drug-likeness (QED) is 0.592. The van der Waals surface area contributed by atoms with E-state index in [4.69, 9.17) is 9.11 Å². The number of rotatable bonds is 2. The number of fused-ring (bicyclic) bond motifs is 1. The number of benzene rings is 2. The first-order valence-electron chi connectivity index (χ1n) is 4.95. The molecule has 0 atom stereocenters. The van der Waals surface area contributed by atoms with Crippen LogP contribution in [0.15, 0.2) is 34.1 Å². The van der Waals surface area contributed by atoms with Gasteiger partial charge in [-0.05, 0) is 24.3 Å². The van der Waals surface area contributed by atoms with Gasteiger partial charge in [0.25, 0.3) is 20.2 Å². The first-order valence-corrected chi connectivity index (χ1v) is 7.83. The minimum atomic E-state index is -4.93. The fourth-order valence-corrected chi connectivity index (χ4v) is 3.17. The molecule has 20 heavy (non-hydrogen) atoms. The summed E-state index contributed by atoms with van der Waals surface area (Å²) in [5.74, 6) is -1.31. The zero-order chi connectivity index (χ0) is 15.3. The zero-order valence-corrected chi connectivity index (χ0v) is 11.2. The van der Waals surface area contributed by atoms with Crippen molar-refractivity contribution in [2.24, 2.45) is 0 Å². The van der Waals surface area contributed by atoms with Crippen LogP contribution in [-0.2, 0) is 20.2 Å². The van der Waals surface area contributed by atoms with Crippen molar-refractivity contribution in [3.8, 4) is 11.5 Å². The van der Waals surface area contributed by atoms with Gasteiger partial charge in [-0.3, -0.25) is 9.11 Å². The van der Waals surface area contributed by atoms with Gasteiger partial charge in [0, 0.05) is 10.8 Å². The van der Waals surface area contributed by atoms with E-state index in [1.54, 1.807) is 0 Å². The first-order chi connectivity index (χ1) is 9.01. The number of aromatic hydroxyl groups is 2. The predicted molar refractivity (Wildman–Crippen MR) is 66.9 cm³/mol. The molecular formula is C10H8O8S2. The second kappa shape index (κ2) is 4.31. The van der Waals surface area contributed by atoms with Gasteiger partial charge in [0.2, 0.25) is 0 Å². The predicted octanol–water partition coefficient (Wildman–Crippen LogP) is 0.744. The molecule has 0 aliphatic carbocycles. The van der Waals surface area contributed by atoms with Crippen LogP contribution in [-0.4, -0.2) is 36.2 Å². The molecule has 108 valence electrons. The molecule has 0 aliphatic rings. The highest BCUT2D eigenvalue weighted by molar-refractivity contribution is 7.86. The lowest BCUT2D eigenvalue weighted by atomic mass is 10.1. The van der Waals surface area contributed by atoms with Gasteiger partial charge in [-0.2, -0.15) is 16.8 Å². The molecule has 0 spiro atoms. The van der Waals surface area contributed by atoms with Crippen LogP contribution in [0.5, 0.6) is 11.5 Å². The van der Waals surface area contributed by atoms with Crippen molar-refractivity contribution in [3.63, 3.8) is 0 Å². The lowest BCUT2D eigenvalue weighted by Crippen LogP contribution is -2.05. The van der Waals surface area contributed by atoms with Gasteiger partial charge in [0.15, 0.2) is 0 Å². The van der Waals surface area contributed by atoms with Gasteiger partial charge in [0.1, 0.15) is 21.3 Å². The molecule has 2 aromatic rings. The summed E-state index contributed by atoms with van der Waals surface area (Å²) in [4.78, 5) is -1.92. The highest BCUT2D eigenvalue weighted by atomic mass is 32.2. The molecule has 0 saturated heterocycles. The number of phenolic OH excluding ortho intramolecular Hbond substituents is 2. The Morgan fingerprint density at radius 2 is 1.30 bits per heavy atom. The molecule has 0 unspecified atom stereocenters. The molecular weight excluding hydrogens is 312 g/mol. The van der Waals surface area contributed by atoms with Crippen molar-refractivity contribution in [3.05, 3.63) is 24.3 Å². The number of phenols is 2. The third-order valence-corrected chi connectivity index (χ3v) is 4.34. The minimum Gasteiger partial charge on any atom is -0.508 e. The molecule has 0 radical (unpaired) electrons. The molecule has 8 nitrogen and oxygen atoms in total. The Morgan fingerprint density at radius 3 is 1.80 bits per heavy atom. The van der Waals surface area contributed by atoms with E-state index in [9.17, 15) is 27.0 Å². The second-order valence-electron chi connectivity index (χ2n) is 3.90. The summed E-state index contributed by atoms with van der Waals surface area (Å²) in [6.07, 6.45) is 0. The Morgan fingerprint density at radius 1 is 0.750 bits per heavy atom. The standard InChI is InChI=1S/C10H8O8S2/c11-5-1-2-6-7(3-5)10(12)9(20(16,17)18)4-8(6)19(13,14)15/h1-4,11-12H,(H,13,14,15)(H,16,17,18). The monoisotopic (exact) mass is 320 g/mol. The molecule has 4 N–H and O–H groups in total. The zero-order valence-electron chi connectivity index (χ0n) is 9.55. The summed E-state index contributed by atoms with van der Waals surface area (Å²) in [7, 11) is -9.74. The smallest absolute Gasteiger partial charge is 0.298 e. The van der Waals surface area contributed by atoms with Gasteiger partial charge in [-0.1, -0.05) is 0 Å². The van der Waals surface area contributed by atoms with E-state index >= 15 is 0 Å². The summed E-state index contributed by atoms with van der Waals surface area (Å²) in [6, 6.07) is 3.48. The van der Waals surface area contributed by atoms with Crippen LogP contribution in [0.25, 0.3) is 10.8 Å². The van der Waals surface area contributed by atoms with Crippen molar-refractivity contribution < 1.29 is 36.2 Å². The van der Waals surface area contributed by atoms with E-state index in [1.165, 1.54) is 0 Å². The largest absolute Gasteiger partial charge is 0.508 e. The van der Waals surface area contributed by atoms with Crippen molar-refractivity contribution in [1.29, 1.82) is 0 Å². The summed E-state index contributed by atoms with van der Waals surface area (Å²) in [5.41, 5.74) is 0. The van der Waals surface area contributed by atoms with Crippen LogP contribution >= 0.6 is 0 Å². The SMILES string of the molecule is O=S(=O)(O)c1cc(S(=O)(=O)O)c2ccc(O)cc2c1O. The molecule has 0 heterocycles. The topological polar surface area (TPSA) is 149 Å². The maximum absolute atomic E-state index is 11.3. The highest BCUT2D eigenvalue weighted by Crippen LogP contribution is 2.37. The summed E-state index contributed by atoms with van der Waals surface area (Å²) in [5, 5.41) is 18.5. The molecule has 2 aromatic carbocycles. The lowest BCUT2D eigenvalue weighted by molar-refractivity contribution is 0.445. The molecule has 0 saturated carbocycles. The molecule has 2 rings (SSSR count). The van der Waals surface area contributed by atoms with Crippen LogP contribution in [0.1, 0.15) is 0 Å². The van der Waals surface area contributed by atoms with Gasteiger partial charge < -0.3 is 10.2 Å². The fourth-order valence-electron chi connectivity index (χ4n) is 1.75. The van der Waals surface area contributed by atoms with Crippen molar-refractivity contribution in [2.45, 2.75) is 9.79 Å². The third kappa shape index (κ3) is 2.41. The summed E-state index contributed by atoms with van der Waals surface area (Å²) < 4.78 is 62.8. The molecule has 0 bridgehead atoms. The Labute approximate surface area is 113 Å². The maximum Gasteiger partial charge on any atom is 0.298 e. The van der Waals surface area contributed by atoms with Crippen LogP contribution in [0.2, 0.25) is 0 Å². The van der Waals surface area contributed by atoms with Gasteiger partial charge in [-0.15, -0.1) is 0 Å². The van der Waals surface area contributed by atoms with Gasteiger partial charge in [-0.25, -0.2) is 0 Å². The molecule has 0 aliphatic heterocycles. The number of hydrogen-bond acceptors (Lipinski definition) is 6. The van der Waals surface area contributed by atoms with Crippen molar-refractivity contribution in [1.82, 2.24) is 0 Å². The van der Waals surface area contributed by atoms with Crippen LogP contribution in [0, 0.1) is 0 Å². The average molecular weight is 320 g/mol. The van der Waals surface area contributed by atoms with Gasteiger partial charge in [0.05, 0.1) is 0 Å². The Balaban J connectivity index is 3.12. The minimum absolute atomic E-state index is 0.213. The van der Waals surface area contributed by atoms with Crippen LogP contribution in [0.4, 0.5) is 0 Å². The Kier molecular flexibility index (Phi) is 3.13. The lowest BCUT2D eigenvalue weighted by Gasteiger charge is -2.10. The Bertz CT molecular complexity index is 912. The molecule has 10 heteroatoms. The van der Waals surface area contributed by atoms with Crippen molar-refractivity contribution in [2.75, 3.05) is 0 Å². The third-order valence-electron chi connectivity index (χ3n) is 2.58. The number of hydrogen-bond donors (Lipinski definition) is 4. The van der Waals surface area contributed by atoms with Gasteiger partial charge >= 0.3 is 0 Å². The van der Waals surface area contributed by atoms with E-state index in [0.29, 0.717) is 6.07 Å². The van der Waals surface area contributed by atoms with E-state index in [-0.39, 0.29) is 16.5 Å². The molecule has 0 aromatic heterocycles. The highest BCUT2D eigenvalue weighted by Gasteiger charge is 2.25. The first kappa shape index (κ1) is 14.5. The van der Waals surface area contributed by atoms with E-state index in [2.05, 4.69) is 0 Å². The fraction of sp³-hybridized carbons (Fsp3) is 0. The summed E-state index contributed by atoms with van der Waals surface area (Å²) in [6.45, 7) is 0. The van der Waals surface area contributed by atoms with Crippen molar-refractivity contribution >= 4 is 31.0 Å². The molecule has 0 amide bonds. The maximum atomic E-state index is 11.3. The van der Waals surface area contributed by atoms with Crippen LogP contribution in [0.3, 0.4) is 0 Å². The normalized spacial score (nSPS) is 12.7. The van der Waals surface area contributed by atoms with E-state index in [1.807, 2.05) is 0 Å². The second-order valence-corrected chi connectivity index (χ2v) is 6.68. The van der Waals surface area contributed by atoms with E-state index < -0.39 is 35.8 Å². The van der Waals surface area contributed by atoms with Crippen LogP contribution < -0.4 is 0 Å². The Hall–Kier alpha value is -1.88. The summed E-state index contributed by atoms with van der Waals surface area (Å²) >= 11 is 0. The molecule has 0 fully saturated rings. The van der Waals surface area contributed by atoms with E-state index in [0.717, 1.165) is 18.2 Å². The average Bonchev–Trinajstić information content (AvgIpc) is 2.26.